The molecule has 0 aliphatic rings. The molecule has 0 saturated carbocycles. The summed E-state index contributed by atoms with van der Waals surface area (Å²) >= 11 is 0. The Morgan fingerprint density at radius 2 is 1.84 bits per heavy atom. The highest BCUT2D eigenvalue weighted by Crippen LogP contribution is 2.36. The molecular formula is C14H14F3NO. The monoisotopic (exact) mass is 269 g/mol. The number of benzene rings is 1. The number of alkyl halides is 3. The minimum absolute atomic E-state index is 0.0612. The number of furan rings is 1. The molecule has 2 N–H and O–H groups in total. The average molecular weight is 269 g/mol. The van der Waals surface area contributed by atoms with Crippen molar-refractivity contribution >= 4 is 0 Å². The molecule has 0 spiro atoms. The molecule has 19 heavy (non-hydrogen) atoms. The largest absolute Gasteiger partial charge is 0.469 e. The minimum Gasteiger partial charge on any atom is -0.469 e. The van der Waals surface area contributed by atoms with Gasteiger partial charge in [0.05, 0.1) is 17.9 Å². The molecular weight excluding hydrogens is 255 g/mol. The number of nitrogens with two attached hydrogens (primary N) is 1. The fourth-order valence-electron chi connectivity index (χ4n) is 2.11. The van der Waals surface area contributed by atoms with Crippen LogP contribution in [0.5, 0.6) is 0 Å². The molecule has 0 fully saturated rings. The SMILES string of the molecule is CCc1occc1C(N)c1ccccc1C(F)(F)F. The van der Waals surface area contributed by atoms with E-state index in [2.05, 4.69) is 0 Å². The van der Waals surface area contributed by atoms with E-state index in [9.17, 15) is 13.2 Å². The van der Waals surface area contributed by atoms with Crippen molar-refractivity contribution in [1.29, 1.82) is 0 Å². The second-order valence-electron chi connectivity index (χ2n) is 4.22. The van der Waals surface area contributed by atoms with Gasteiger partial charge in [0.25, 0.3) is 0 Å². The van der Waals surface area contributed by atoms with E-state index in [0.717, 1.165) is 6.07 Å². The van der Waals surface area contributed by atoms with Gasteiger partial charge in [-0.1, -0.05) is 25.1 Å². The highest BCUT2D eigenvalue weighted by molar-refractivity contribution is 5.39. The lowest BCUT2D eigenvalue weighted by Crippen LogP contribution is -2.18. The standard InChI is InChI=1S/C14H14F3NO/c1-2-12-10(7-8-19-12)13(18)9-5-3-4-6-11(9)14(15,16)17/h3-8,13H,2,18H2,1H3. The van der Waals surface area contributed by atoms with Gasteiger partial charge in [0.2, 0.25) is 0 Å². The summed E-state index contributed by atoms with van der Waals surface area (Å²) in [5.41, 5.74) is 5.93. The summed E-state index contributed by atoms with van der Waals surface area (Å²) in [7, 11) is 0. The Hall–Kier alpha value is -1.75. The van der Waals surface area contributed by atoms with Crippen molar-refractivity contribution in [2.45, 2.75) is 25.6 Å². The molecule has 0 amide bonds. The molecule has 0 aliphatic heterocycles. The zero-order valence-corrected chi connectivity index (χ0v) is 10.4. The van der Waals surface area contributed by atoms with Crippen molar-refractivity contribution in [2.24, 2.45) is 5.73 Å². The number of halogens is 3. The Labute approximate surface area is 109 Å². The van der Waals surface area contributed by atoms with Crippen LogP contribution < -0.4 is 5.73 Å². The number of hydrogen-bond donors (Lipinski definition) is 1. The van der Waals surface area contributed by atoms with Gasteiger partial charge in [0.1, 0.15) is 5.76 Å². The van der Waals surface area contributed by atoms with Crippen molar-refractivity contribution in [2.75, 3.05) is 0 Å². The van der Waals surface area contributed by atoms with Crippen LogP contribution in [-0.2, 0) is 12.6 Å². The Morgan fingerprint density at radius 3 is 2.47 bits per heavy atom. The topological polar surface area (TPSA) is 39.2 Å². The molecule has 1 aromatic heterocycles. The van der Waals surface area contributed by atoms with E-state index >= 15 is 0 Å². The van der Waals surface area contributed by atoms with E-state index in [-0.39, 0.29) is 5.56 Å². The Kier molecular flexibility index (Phi) is 3.66. The highest BCUT2D eigenvalue weighted by atomic mass is 19.4. The van der Waals surface area contributed by atoms with Crippen LogP contribution in [-0.4, -0.2) is 0 Å². The minimum atomic E-state index is -4.41. The first-order chi connectivity index (χ1) is 8.95. The van der Waals surface area contributed by atoms with Crippen molar-refractivity contribution < 1.29 is 17.6 Å². The molecule has 0 bridgehead atoms. The Morgan fingerprint density at radius 1 is 1.16 bits per heavy atom. The summed E-state index contributed by atoms with van der Waals surface area (Å²) < 4.78 is 44.1. The van der Waals surface area contributed by atoms with E-state index in [1.54, 1.807) is 12.1 Å². The average Bonchev–Trinajstić information content (AvgIpc) is 2.85. The lowest BCUT2D eigenvalue weighted by atomic mass is 9.94. The smallest absolute Gasteiger partial charge is 0.416 e. The van der Waals surface area contributed by atoms with Crippen LogP contribution in [0, 0.1) is 0 Å². The van der Waals surface area contributed by atoms with Crippen LogP contribution in [0.3, 0.4) is 0 Å². The summed E-state index contributed by atoms with van der Waals surface area (Å²) in [4.78, 5) is 0. The quantitative estimate of drug-likeness (QED) is 0.917. The van der Waals surface area contributed by atoms with Gasteiger partial charge in [-0.15, -0.1) is 0 Å². The summed E-state index contributed by atoms with van der Waals surface area (Å²) in [6.07, 6.45) is -2.38. The van der Waals surface area contributed by atoms with E-state index in [1.807, 2.05) is 6.92 Å². The third-order valence-corrected chi connectivity index (χ3v) is 3.04. The van der Waals surface area contributed by atoms with Crippen LogP contribution in [0.4, 0.5) is 13.2 Å². The van der Waals surface area contributed by atoms with Gasteiger partial charge < -0.3 is 10.2 Å². The third-order valence-electron chi connectivity index (χ3n) is 3.04. The van der Waals surface area contributed by atoms with Gasteiger partial charge in [-0.2, -0.15) is 13.2 Å². The van der Waals surface area contributed by atoms with Crippen molar-refractivity contribution in [3.05, 3.63) is 59.0 Å². The van der Waals surface area contributed by atoms with Crippen molar-refractivity contribution in [3.8, 4) is 0 Å². The van der Waals surface area contributed by atoms with Gasteiger partial charge in [-0.05, 0) is 17.7 Å². The number of hydrogen-bond acceptors (Lipinski definition) is 2. The highest BCUT2D eigenvalue weighted by Gasteiger charge is 2.35. The number of rotatable bonds is 3. The van der Waals surface area contributed by atoms with Crippen LogP contribution in [0.2, 0.25) is 0 Å². The molecule has 1 atom stereocenters. The van der Waals surface area contributed by atoms with Crippen molar-refractivity contribution in [1.82, 2.24) is 0 Å². The molecule has 2 rings (SSSR count). The first-order valence-electron chi connectivity index (χ1n) is 5.93. The predicted molar refractivity (Wildman–Crippen MR) is 65.6 cm³/mol. The zero-order chi connectivity index (χ0) is 14.0. The van der Waals surface area contributed by atoms with E-state index < -0.39 is 17.8 Å². The first kappa shape index (κ1) is 13.7. The van der Waals surface area contributed by atoms with E-state index in [0.29, 0.717) is 17.7 Å². The molecule has 1 unspecified atom stereocenters. The van der Waals surface area contributed by atoms with E-state index in [1.165, 1.54) is 18.4 Å². The molecule has 1 aromatic carbocycles. The lowest BCUT2D eigenvalue weighted by molar-refractivity contribution is -0.138. The normalized spacial score (nSPS) is 13.5. The fraction of sp³-hybridized carbons (Fsp3) is 0.286. The molecule has 0 aliphatic carbocycles. The molecule has 0 radical (unpaired) electrons. The van der Waals surface area contributed by atoms with Gasteiger partial charge in [-0.3, -0.25) is 0 Å². The van der Waals surface area contributed by atoms with Gasteiger partial charge in [-0.25, -0.2) is 0 Å². The van der Waals surface area contributed by atoms with Crippen LogP contribution >= 0.6 is 0 Å². The zero-order valence-electron chi connectivity index (χ0n) is 10.4. The first-order valence-corrected chi connectivity index (χ1v) is 5.93. The van der Waals surface area contributed by atoms with E-state index in [4.69, 9.17) is 10.2 Å². The Bertz CT molecular complexity index is 560. The van der Waals surface area contributed by atoms with Gasteiger partial charge >= 0.3 is 6.18 Å². The fourth-order valence-corrected chi connectivity index (χ4v) is 2.11. The number of aryl methyl sites for hydroxylation is 1. The Balaban J connectivity index is 2.48. The molecule has 1 heterocycles. The maximum Gasteiger partial charge on any atom is 0.416 e. The van der Waals surface area contributed by atoms with Crippen molar-refractivity contribution in [3.63, 3.8) is 0 Å². The second kappa shape index (κ2) is 5.09. The molecule has 2 nitrogen and oxygen atoms in total. The second-order valence-corrected chi connectivity index (χ2v) is 4.22. The van der Waals surface area contributed by atoms with Gasteiger partial charge in [0, 0.05) is 12.0 Å². The predicted octanol–water partition coefficient (Wildman–Crippen LogP) is 3.91. The molecule has 2 aromatic rings. The van der Waals surface area contributed by atoms with Crippen LogP contribution in [0.1, 0.15) is 35.4 Å². The summed E-state index contributed by atoms with van der Waals surface area (Å²) in [5.74, 6) is 0.615. The van der Waals surface area contributed by atoms with Crippen LogP contribution in [0.25, 0.3) is 0 Å². The summed E-state index contributed by atoms with van der Waals surface area (Å²) in [5, 5.41) is 0. The molecule has 0 saturated heterocycles. The maximum absolute atomic E-state index is 13.0. The van der Waals surface area contributed by atoms with Gasteiger partial charge in [0.15, 0.2) is 0 Å². The molecule has 5 heteroatoms. The summed E-state index contributed by atoms with van der Waals surface area (Å²) in [6.45, 7) is 1.87. The molecule has 102 valence electrons. The van der Waals surface area contributed by atoms with Crippen LogP contribution in [0.15, 0.2) is 41.0 Å². The maximum atomic E-state index is 13.0. The lowest BCUT2D eigenvalue weighted by Gasteiger charge is -2.18. The summed E-state index contributed by atoms with van der Waals surface area (Å²) in [6, 6.07) is 6.13. The third kappa shape index (κ3) is 2.66.